The number of carbonyl (C=O) groups is 3. The van der Waals surface area contributed by atoms with E-state index in [9.17, 15) is 14.4 Å². The first-order valence-corrected chi connectivity index (χ1v) is 8.74. The summed E-state index contributed by atoms with van der Waals surface area (Å²) < 4.78 is 7.62. The predicted molar refractivity (Wildman–Crippen MR) is 90.6 cm³/mol. The van der Waals surface area contributed by atoms with Crippen LogP contribution in [0.2, 0.25) is 1.41 Å². The smallest absolute Gasteiger partial charge is 0.255 e. The van der Waals surface area contributed by atoms with Gasteiger partial charge in [0.2, 0.25) is 11.8 Å². The van der Waals surface area contributed by atoms with E-state index in [4.69, 9.17) is 1.41 Å². The summed E-state index contributed by atoms with van der Waals surface area (Å²) in [5.41, 5.74) is 2.73. The fourth-order valence-electron chi connectivity index (χ4n) is 3.79. The third kappa shape index (κ3) is 3.17. The van der Waals surface area contributed by atoms with Crippen LogP contribution in [0.15, 0.2) is 18.2 Å². The van der Waals surface area contributed by atoms with Crippen LogP contribution in [-0.4, -0.2) is 59.7 Å². The third-order valence-electron chi connectivity index (χ3n) is 5.14. The molecule has 2 saturated heterocycles. The molecule has 0 aliphatic carbocycles. The second-order valence-electron chi connectivity index (χ2n) is 6.84. The lowest BCUT2D eigenvalue weighted by atomic mass is 10.0. The van der Waals surface area contributed by atoms with Gasteiger partial charge in [-0.25, -0.2) is 0 Å². The molecule has 0 radical (unpaired) electrons. The Kier molecular flexibility index (Phi) is 3.95. The maximum absolute atomic E-state index is 12.7. The summed E-state index contributed by atoms with van der Waals surface area (Å²) in [5, 5.41) is 3.90. The maximum atomic E-state index is 12.7. The zero-order valence-electron chi connectivity index (χ0n) is 15.0. The van der Waals surface area contributed by atoms with Gasteiger partial charge in [0, 0.05) is 51.3 Å². The molecule has 3 aliphatic heterocycles. The van der Waals surface area contributed by atoms with Gasteiger partial charge in [-0.15, -0.1) is 0 Å². The van der Waals surface area contributed by atoms with Gasteiger partial charge in [-0.05, 0) is 23.6 Å². The minimum absolute atomic E-state index is 0.135. The van der Waals surface area contributed by atoms with E-state index in [0.29, 0.717) is 18.5 Å². The normalized spacial score (nSPS) is 25.8. The van der Waals surface area contributed by atoms with Crippen molar-refractivity contribution in [2.75, 3.05) is 26.2 Å². The SMILES string of the molecule is [2H]N1CCN(Cc2ccc3c(c2)CN(C2CCC(=O)NC2=O)C3=O)CC1. The van der Waals surface area contributed by atoms with Gasteiger partial charge in [0.1, 0.15) is 7.45 Å². The van der Waals surface area contributed by atoms with Crippen LogP contribution < -0.4 is 10.6 Å². The zero-order chi connectivity index (χ0) is 18.3. The van der Waals surface area contributed by atoms with Crippen LogP contribution in [0.3, 0.4) is 0 Å². The monoisotopic (exact) mass is 343 g/mol. The van der Waals surface area contributed by atoms with Crippen molar-refractivity contribution in [3.63, 3.8) is 0 Å². The summed E-state index contributed by atoms with van der Waals surface area (Å²) in [6.07, 6.45) is 0.651. The second kappa shape index (κ2) is 6.57. The highest BCUT2D eigenvalue weighted by Crippen LogP contribution is 2.28. The van der Waals surface area contributed by atoms with Crippen molar-refractivity contribution in [1.82, 2.24) is 20.4 Å². The van der Waals surface area contributed by atoms with Gasteiger partial charge in [-0.1, -0.05) is 12.1 Å². The highest BCUT2D eigenvalue weighted by molar-refractivity contribution is 6.05. The summed E-state index contributed by atoms with van der Waals surface area (Å²) in [4.78, 5) is 40.0. The molecule has 4 rings (SSSR count). The van der Waals surface area contributed by atoms with Crippen LogP contribution in [0.4, 0.5) is 0 Å². The van der Waals surface area contributed by atoms with Crippen LogP contribution >= 0.6 is 0 Å². The van der Waals surface area contributed by atoms with E-state index in [1.165, 1.54) is 0 Å². The number of imide groups is 1. The summed E-state index contributed by atoms with van der Waals surface area (Å²) in [7, 11) is 0. The van der Waals surface area contributed by atoms with E-state index in [1.807, 2.05) is 18.2 Å². The van der Waals surface area contributed by atoms with Crippen molar-refractivity contribution in [3.05, 3.63) is 34.9 Å². The number of fused-ring (bicyclic) bond motifs is 1. The largest absolute Gasteiger partial charge is 0.322 e. The highest BCUT2D eigenvalue weighted by atomic mass is 16.2. The summed E-state index contributed by atoms with van der Waals surface area (Å²) in [6, 6.07) is 5.30. The number of piperidine rings is 1. The quantitative estimate of drug-likeness (QED) is 0.746. The first-order chi connectivity index (χ1) is 12.5. The average Bonchev–Trinajstić information content (AvgIpc) is 2.93. The summed E-state index contributed by atoms with van der Waals surface area (Å²) in [5.74, 6) is -0.787. The Morgan fingerprint density at radius 1 is 1.20 bits per heavy atom. The Morgan fingerprint density at radius 3 is 2.76 bits per heavy atom. The molecule has 1 atom stereocenters. The Labute approximate surface area is 147 Å². The molecule has 0 aromatic heterocycles. The number of carbonyl (C=O) groups excluding carboxylic acids is 3. The average molecular weight is 343 g/mol. The van der Waals surface area contributed by atoms with Crippen LogP contribution in [0.5, 0.6) is 0 Å². The van der Waals surface area contributed by atoms with Crippen LogP contribution in [0.1, 0.15) is 34.3 Å². The zero-order valence-corrected chi connectivity index (χ0v) is 14.0. The summed E-state index contributed by atoms with van der Waals surface area (Å²) in [6.45, 7) is 4.42. The van der Waals surface area contributed by atoms with Crippen molar-refractivity contribution in [2.45, 2.75) is 32.0 Å². The molecular weight excluding hydrogens is 320 g/mol. The van der Waals surface area contributed by atoms with Crippen molar-refractivity contribution >= 4 is 17.7 Å². The number of hydrogen-bond donors (Lipinski definition) is 2. The minimum atomic E-state index is -0.568. The lowest BCUT2D eigenvalue weighted by Crippen LogP contribution is -2.52. The number of hydrogen-bond acceptors (Lipinski definition) is 5. The molecule has 3 amide bonds. The fraction of sp³-hybridized carbons (Fsp3) is 0.500. The van der Waals surface area contributed by atoms with Gasteiger partial charge in [0.25, 0.3) is 5.91 Å². The molecular formula is C18H22N4O3. The number of rotatable bonds is 3. The molecule has 7 nitrogen and oxygen atoms in total. The molecule has 0 saturated carbocycles. The molecule has 1 unspecified atom stereocenters. The molecule has 7 heteroatoms. The van der Waals surface area contributed by atoms with Gasteiger partial charge >= 0.3 is 0 Å². The Hall–Kier alpha value is -2.25. The van der Waals surface area contributed by atoms with Gasteiger partial charge in [0.15, 0.2) is 0 Å². The van der Waals surface area contributed by atoms with Gasteiger partial charge < -0.3 is 10.2 Å². The molecule has 132 valence electrons. The number of amides is 3. The number of piperazine rings is 1. The van der Waals surface area contributed by atoms with E-state index in [1.54, 1.807) is 10.2 Å². The third-order valence-corrected chi connectivity index (χ3v) is 5.14. The van der Waals surface area contributed by atoms with Gasteiger partial charge in [-0.3, -0.25) is 24.6 Å². The molecule has 0 spiro atoms. The predicted octanol–water partition coefficient (Wildman–Crippen LogP) is -0.147. The number of nitrogens with zero attached hydrogens (tertiary/aromatic N) is 2. The van der Waals surface area contributed by atoms with Gasteiger partial charge in [0.05, 0.1) is 0 Å². The first kappa shape index (κ1) is 15.0. The topological polar surface area (TPSA) is 81.8 Å². The molecule has 3 heterocycles. The van der Waals surface area contributed by atoms with E-state index in [-0.39, 0.29) is 24.1 Å². The maximum Gasteiger partial charge on any atom is 0.255 e. The molecule has 25 heavy (non-hydrogen) atoms. The Morgan fingerprint density at radius 2 is 2.00 bits per heavy atom. The van der Waals surface area contributed by atoms with E-state index >= 15 is 0 Å². The van der Waals surface area contributed by atoms with Crippen LogP contribution in [0.25, 0.3) is 0 Å². The minimum Gasteiger partial charge on any atom is -0.322 e. The van der Waals surface area contributed by atoms with Crippen molar-refractivity contribution < 1.29 is 15.8 Å². The Bertz CT molecular complexity index is 761. The number of benzene rings is 1. The lowest BCUT2D eigenvalue weighted by molar-refractivity contribution is -0.136. The molecule has 3 aliphatic rings. The standard InChI is InChI=1S/C18H22N4O3/c23-16-4-3-15(17(24)20-16)22-11-13-9-12(1-2-14(13)18(22)25)10-21-7-5-19-6-8-21/h1-2,9,15,19H,3-8,10-11H2,(H,20,23,24)/i/hD. The molecule has 0 bridgehead atoms. The fourth-order valence-corrected chi connectivity index (χ4v) is 3.79. The van der Waals surface area contributed by atoms with Crippen LogP contribution in [-0.2, 0) is 22.7 Å². The molecule has 1 aromatic carbocycles. The number of nitrogens with one attached hydrogen (secondary N) is 2. The molecule has 2 fully saturated rings. The second-order valence-corrected chi connectivity index (χ2v) is 6.84. The highest BCUT2D eigenvalue weighted by Gasteiger charge is 2.39. The van der Waals surface area contributed by atoms with Crippen molar-refractivity contribution in [3.8, 4) is 0 Å². The first-order valence-electron chi connectivity index (χ1n) is 9.18. The Balaban J connectivity index is 1.46. The van der Waals surface area contributed by atoms with E-state index < -0.39 is 6.04 Å². The molecule has 1 aromatic rings. The van der Waals surface area contributed by atoms with Gasteiger partial charge in [-0.2, -0.15) is 0 Å². The van der Waals surface area contributed by atoms with Crippen molar-refractivity contribution in [1.29, 1.82) is 0 Å². The van der Waals surface area contributed by atoms with E-state index in [2.05, 4.69) is 10.2 Å². The van der Waals surface area contributed by atoms with Crippen molar-refractivity contribution in [2.24, 2.45) is 0 Å². The molecule has 2 N–H and O–H groups in total. The van der Waals surface area contributed by atoms with Crippen LogP contribution in [0, 0.1) is 0 Å². The summed E-state index contributed by atoms with van der Waals surface area (Å²) >= 11 is 0. The van der Waals surface area contributed by atoms with E-state index in [0.717, 1.165) is 43.9 Å². The lowest BCUT2D eigenvalue weighted by Gasteiger charge is -2.29.